The highest BCUT2D eigenvalue weighted by Crippen LogP contribution is 2.17. The second-order valence-corrected chi connectivity index (χ2v) is 6.74. The minimum atomic E-state index is -0.0717. The Morgan fingerprint density at radius 1 is 1.00 bits per heavy atom. The Kier molecular flexibility index (Phi) is 6.96. The van der Waals surface area contributed by atoms with E-state index in [1.807, 2.05) is 38.1 Å². The number of benzene rings is 2. The largest absolute Gasteiger partial charge is 0.350 e. The lowest BCUT2D eigenvalue weighted by molar-refractivity contribution is -0.121. The summed E-state index contributed by atoms with van der Waals surface area (Å²) in [6, 6.07) is 13.8. The number of hydrogen-bond donors (Lipinski definition) is 2. The quantitative estimate of drug-likeness (QED) is 0.773. The number of rotatable bonds is 7. The van der Waals surface area contributed by atoms with Gasteiger partial charge in [-0.1, -0.05) is 42.8 Å². The standard InChI is InChI=1S/C22H28N2O2/c1-5-21(25)24-20-11-8-19(9-12-20)17(4)23-22(26)13-10-18-7-6-15(2)14-16(18)3/h6-9,11-12,14,17H,5,10,13H2,1-4H3,(H,23,26)(H,24,25). The van der Waals surface area contributed by atoms with Crippen LogP contribution in [0.3, 0.4) is 0 Å². The Bertz CT molecular complexity index is 766. The summed E-state index contributed by atoms with van der Waals surface area (Å²) in [6.45, 7) is 7.94. The van der Waals surface area contributed by atoms with E-state index in [1.165, 1.54) is 16.7 Å². The van der Waals surface area contributed by atoms with Gasteiger partial charge in [0.05, 0.1) is 6.04 Å². The maximum absolute atomic E-state index is 12.3. The van der Waals surface area contributed by atoms with E-state index in [-0.39, 0.29) is 17.9 Å². The van der Waals surface area contributed by atoms with Crippen LogP contribution in [0.4, 0.5) is 5.69 Å². The smallest absolute Gasteiger partial charge is 0.224 e. The van der Waals surface area contributed by atoms with Gasteiger partial charge in [-0.2, -0.15) is 0 Å². The molecule has 4 nitrogen and oxygen atoms in total. The van der Waals surface area contributed by atoms with Crippen LogP contribution < -0.4 is 10.6 Å². The van der Waals surface area contributed by atoms with Crippen molar-refractivity contribution in [2.45, 2.75) is 53.0 Å². The Morgan fingerprint density at radius 3 is 2.31 bits per heavy atom. The van der Waals surface area contributed by atoms with Crippen molar-refractivity contribution in [3.05, 3.63) is 64.7 Å². The second-order valence-electron chi connectivity index (χ2n) is 6.74. The van der Waals surface area contributed by atoms with Crippen LogP contribution in [0.25, 0.3) is 0 Å². The summed E-state index contributed by atoms with van der Waals surface area (Å²) in [6.07, 6.45) is 1.67. The number of anilines is 1. The summed E-state index contributed by atoms with van der Waals surface area (Å²) in [7, 11) is 0. The van der Waals surface area contributed by atoms with E-state index in [1.54, 1.807) is 0 Å². The summed E-state index contributed by atoms with van der Waals surface area (Å²) in [5.74, 6) is 0.0336. The molecular formula is C22H28N2O2. The summed E-state index contributed by atoms with van der Waals surface area (Å²) in [4.78, 5) is 23.7. The lowest BCUT2D eigenvalue weighted by Crippen LogP contribution is -2.26. The highest BCUT2D eigenvalue weighted by Gasteiger charge is 2.11. The molecule has 26 heavy (non-hydrogen) atoms. The molecule has 2 aromatic carbocycles. The van der Waals surface area contributed by atoms with E-state index < -0.39 is 0 Å². The molecule has 0 spiro atoms. The van der Waals surface area contributed by atoms with Gasteiger partial charge >= 0.3 is 0 Å². The second kappa shape index (κ2) is 9.18. The Morgan fingerprint density at radius 2 is 1.69 bits per heavy atom. The molecule has 0 heterocycles. The topological polar surface area (TPSA) is 58.2 Å². The third-order valence-electron chi connectivity index (χ3n) is 4.51. The highest BCUT2D eigenvalue weighted by atomic mass is 16.2. The molecule has 0 aromatic heterocycles. The summed E-state index contributed by atoms with van der Waals surface area (Å²) in [5, 5.41) is 5.86. The number of amides is 2. The average Bonchev–Trinajstić information content (AvgIpc) is 2.61. The normalized spacial score (nSPS) is 11.7. The molecule has 2 amide bonds. The first kappa shape index (κ1) is 19.7. The van der Waals surface area contributed by atoms with Crippen LogP contribution in [-0.2, 0) is 16.0 Å². The maximum atomic E-state index is 12.3. The van der Waals surface area contributed by atoms with E-state index in [2.05, 4.69) is 42.7 Å². The van der Waals surface area contributed by atoms with E-state index in [0.29, 0.717) is 12.8 Å². The Labute approximate surface area is 156 Å². The molecule has 0 aliphatic carbocycles. The summed E-state index contributed by atoms with van der Waals surface area (Å²) in [5.41, 5.74) is 5.47. The molecule has 0 aliphatic heterocycles. The predicted octanol–water partition coefficient (Wildman–Crippen LogP) is 4.46. The number of carbonyl (C=O) groups excluding carboxylic acids is 2. The molecule has 0 bridgehead atoms. The fourth-order valence-corrected chi connectivity index (χ4v) is 2.88. The van der Waals surface area contributed by atoms with Crippen LogP contribution in [0, 0.1) is 13.8 Å². The molecule has 0 aliphatic rings. The van der Waals surface area contributed by atoms with Gasteiger partial charge in [-0.15, -0.1) is 0 Å². The molecule has 0 fully saturated rings. The average molecular weight is 352 g/mol. The van der Waals surface area contributed by atoms with Crippen molar-refractivity contribution < 1.29 is 9.59 Å². The summed E-state index contributed by atoms with van der Waals surface area (Å²) < 4.78 is 0. The lowest BCUT2D eigenvalue weighted by atomic mass is 10.0. The van der Waals surface area contributed by atoms with Gasteiger partial charge < -0.3 is 10.6 Å². The molecule has 0 radical (unpaired) electrons. The molecule has 1 atom stereocenters. The molecule has 4 heteroatoms. The first-order valence-corrected chi connectivity index (χ1v) is 9.14. The number of hydrogen-bond acceptors (Lipinski definition) is 2. The van der Waals surface area contributed by atoms with Crippen molar-refractivity contribution in [2.24, 2.45) is 0 Å². The maximum Gasteiger partial charge on any atom is 0.224 e. The Balaban J connectivity index is 1.87. The summed E-state index contributed by atoms with van der Waals surface area (Å²) >= 11 is 0. The van der Waals surface area contributed by atoms with Crippen LogP contribution in [0.15, 0.2) is 42.5 Å². The van der Waals surface area contributed by atoms with Crippen molar-refractivity contribution in [3.63, 3.8) is 0 Å². The molecule has 138 valence electrons. The van der Waals surface area contributed by atoms with Crippen LogP contribution in [-0.4, -0.2) is 11.8 Å². The number of nitrogens with one attached hydrogen (secondary N) is 2. The molecule has 2 rings (SSSR count). The highest BCUT2D eigenvalue weighted by molar-refractivity contribution is 5.90. The van der Waals surface area contributed by atoms with Crippen LogP contribution in [0.5, 0.6) is 0 Å². The fraction of sp³-hybridized carbons (Fsp3) is 0.364. The zero-order chi connectivity index (χ0) is 19.1. The minimum Gasteiger partial charge on any atom is -0.350 e. The monoisotopic (exact) mass is 352 g/mol. The molecule has 2 aromatic rings. The molecule has 0 saturated heterocycles. The van der Waals surface area contributed by atoms with Gasteiger partial charge in [0.25, 0.3) is 0 Å². The molecule has 1 unspecified atom stereocenters. The van der Waals surface area contributed by atoms with Crippen LogP contribution in [0.1, 0.15) is 55.0 Å². The van der Waals surface area contributed by atoms with Gasteiger partial charge in [-0.05, 0) is 56.0 Å². The van der Waals surface area contributed by atoms with Crippen molar-refractivity contribution in [3.8, 4) is 0 Å². The van der Waals surface area contributed by atoms with Gasteiger partial charge in [0.2, 0.25) is 11.8 Å². The van der Waals surface area contributed by atoms with Gasteiger partial charge in [0.15, 0.2) is 0 Å². The van der Waals surface area contributed by atoms with Crippen molar-refractivity contribution >= 4 is 17.5 Å². The zero-order valence-corrected chi connectivity index (χ0v) is 16.1. The van der Waals surface area contributed by atoms with Gasteiger partial charge in [-0.3, -0.25) is 9.59 Å². The zero-order valence-electron chi connectivity index (χ0n) is 16.1. The molecule has 0 saturated carbocycles. The van der Waals surface area contributed by atoms with Crippen molar-refractivity contribution in [2.75, 3.05) is 5.32 Å². The Hall–Kier alpha value is -2.62. The first-order chi connectivity index (χ1) is 12.4. The number of carbonyl (C=O) groups is 2. The fourth-order valence-electron chi connectivity index (χ4n) is 2.88. The minimum absolute atomic E-state index is 0.00880. The third-order valence-corrected chi connectivity index (χ3v) is 4.51. The molecule has 2 N–H and O–H groups in total. The number of aryl methyl sites for hydroxylation is 3. The van der Waals surface area contributed by atoms with E-state index >= 15 is 0 Å². The SMILES string of the molecule is CCC(=O)Nc1ccc(C(C)NC(=O)CCc2ccc(C)cc2C)cc1. The van der Waals surface area contributed by atoms with Gasteiger partial charge in [-0.25, -0.2) is 0 Å². The van der Waals surface area contributed by atoms with Gasteiger partial charge in [0.1, 0.15) is 0 Å². The van der Waals surface area contributed by atoms with E-state index in [9.17, 15) is 9.59 Å². The van der Waals surface area contributed by atoms with E-state index in [0.717, 1.165) is 17.7 Å². The lowest BCUT2D eigenvalue weighted by Gasteiger charge is -2.15. The van der Waals surface area contributed by atoms with Gasteiger partial charge in [0, 0.05) is 18.5 Å². The van der Waals surface area contributed by atoms with Crippen molar-refractivity contribution in [1.82, 2.24) is 5.32 Å². The molecular weight excluding hydrogens is 324 g/mol. The predicted molar refractivity (Wildman–Crippen MR) is 106 cm³/mol. The van der Waals surface area contributed by atoms with Crippen LogP contribution in [0.2, 0.25) is 0 Å². The van der Waals surface area contributed by atoms with E-state index in [4.69, 9.17) is 0 Å². The van der Waals surface area contributed by atoms with Crippen molar-refractivity contribution in [1.29, 1.82) is 0 Å². The third kappa shape index (κ3) is 5.73. The van der Waals surface area contributed by atoms with Crippen LogP contribution >= 0.6 is 0 Å². The first-order valence-electron chi connectivity index (χ1n) is 9.14.